The highest BCUT2D eigenvalue weighted by Gasteiger charge is 2.40. The average molecular weight is 297 g/mol. The van der Waals surface area contributed by atoms with E-state index in [9.17, 15) is 8.42 Å². The predicted molar refractivity (Wildman–Crippen MR) is 80.1 cm³/mol. The Labute approximate surface area is 121 Å². The van der Waals surface area contributed by atoms with E-state index in [2.05, 4.69) is 0 Å². The summed E-state index contributed by atoms with van der Waals surface area (Å²) in [4.78, 5) is 0. The molecule has 0 unspecified atom stereocenters. The molecule has 20 heavy (non-hydrogen) atoms. The van der Waals surface area contributed by atoms with Crippen molar-refractivity contribution in [1.29, 1.82) is 0 Å². The number of ether oxygens (including phenoxy) is 1. The van der Waals surface area contributed by atoms with Crippen molar-refractivity contribution in [3.63, 3.8) is 0 Å². The van der Waals surface area contributed by atoms with E-state index >= 15 is 0 Å². The lowest BCUT2D eigenvalue weighted by Gasteiger charge is -2.43. The molecule has 0 spiro atoms. The van der Waals surface area contributed by atoms with E-state index in [0.717, 1.165) is 5.56 Å². The van der Waals surface area contributed by atoms with E-state index < -0.39 is 15.6 Å². The average Bonchev–Trinajstić information content (AvgIpc) is 2.40. The monoisotopic (exact) mass is 297 g/mol. The van der Waals surface area contributed by atoms with Gasteiger partial charge in [0.05, 0.1) is 24.0 Å². The van der Waals surface area contributed by atoms with Gasteiger partial charge >= 0.3 is 0 Å². The molecule has 0 radical (unpaired) electrons. The van der Waals surface area contributed by atoms with Crippen LogP contribution < -0.4 is 0 Å². The topological polar surface area (TPSA) is 46.6 Å². The van der Waals surface area contributed by atoms with Crippen molar-refractivity contribution in [1.82, 2.24) is 4.31 Å². The number of rotatable bonds is 4. The zero-order chi connectivity index (χ0) is 14.8. The van der Waals surface area contributed by atoms with Gasteiger partial charge in [0, 0.05) is 6.54 Å². The third kappa shape index (κ3) is 3.59. The van der Waals surface area contributed by atoms with Crippen LogP contribution in [-0.2, 0) is 21.2 Å². The standard InChI is InChI=1S/C15H23NO3S/c1-13-11-16(15(2,3)12-19-13)20(17,18)10-9-14-7-5-4-6-8-14/h4-8,13H,9-12H2,1-3H3/t13-/m0/s1. The maximum atomic E-state index is 12.6. The molecule has 0 aromatic heterocycles. The van der Waals surface area contributed by atoms with Gasteiger partial charge in [-0.1, -0.05) is 30.3 Å². The zero-order valence-corrected chi connectivity index (χ0v) is 13.2. The lowest BCUT2D eigenvalue weighted by atomic mass is 10.1. The summed E-state index contributed by atoms with van der Waals surface area (Å²) in [6.45, 7) is 6.62. The molecule has 1 heterocycles. The summed E-state index contributed by atoms with van der Waals surface area (Å²) in [6.07, 6.45) is 0.500. The van der Waals surface area contributed by atoms with E-state index in [1.165, 1.54) is 0 Å². The quantitative estimate of drug-likeness (QED) is 0.854. The largest absolute Gasteiger partial charge is 0.375 e. The van der Waals surface area contributed by atoms with Crippen molar-refractivity contribution in [2.75, 3.05) is 18.9 Å². The predicted octanol–water partition coefficient (Wildman–Crippen LogP) is 2.06. The van der Waals surface area contributed by atoms with Crippen LogP contribution >= 0.6 is 0 Å². The second kappa shape index (κ2) is 5.84. The summed E-state index contributed by atoms with van der Waals surface area (Å²) in [5, 5.41) is 0. The van der Waals surface area contributed by atoms with E-state index in [4.69, 9.17) is 4.74 Å². The first-order chi connectivity index (χ1) is 9.31. The summed E-state index contributed by atoms with van der Waals surface area (Å²) < 4.78 is 32.4. The number of benzene rings is 1. The second-order valence-corrected chi connectivity index (χ2v) is 8.03. The van der Waals surface area contributed by atoms with Crippen LogP contribution in [-0.4, -0.2) is 43.3 Å². The molecule has 4 nitrogen and oxygen atoms in total. The van der Waals surface area contributed by atoms with Gasteiger partial charge in [-0.15, -0.1) is 0 Å². The maximum Gasteiger partial charge on any atom is 0.215 e. The summed E-state index contributed by atoms with van der Waals surface area (Å²) in [6, 6.07) is 9.72. The highest BCUT2D eigenvalue weighted by atomic mass is 32.2. The molecule has 1 aliphatic rings. The molecule has 1 fully saturated rings. The molecule has 1 aromatic rings. The molecule has 1 atom stereocenters. The van der Waals surface area contributed by atoms with Crippen LogP contribution in [0.1, 0.15) is 26.3 Å². The van der Waals surface area contributed by atoms with Gasteiger partial charge < -0.3 is 4.74 Å². The van der Waals surface area contributed by atoms with Crippen molar-refractivity contribution >= 4 is 10.0 Å². The number of hydrogen-bond donors (Lipinski definition) is 0. The number of sulfonamides is 1. The SMILES string of the molecule is C[C@H]1CN(S(=O)(=O)CCc2ccccc2)C(C)(C)CO1. The molecule has 0 saturated carbocycles. The normalized spacial score (nSPS) is 23.6. The van der Waals surface area contributed by atoms with Gasteiger partial charge in [-0.25, -0.2) is 8.42 Å². The molecule has 2 rings (SSSR count). The minimum Gasteiger partial charge on any atom is -0.375 e. The number of morpholine rings is 1. The third-order valence-electron chi connectivity index (χ3n) is 3.65. The zero-order valence-electron chi connectivity index (χ0n) is 12.4. The van der Waals surface area contributed by atoms with Crippen LogP contribution in [0.2, 0.25) is 0 Å². The van der Waals surface area contributed by atoms with Crippen molar-refractivity contribution in [2.24, 2.45) is 0 Å². The fourth-order valence-electron chi connectivity index (χ4n) is 2.44. The highest BCUT2D eigenvalue weighted by Crippen LogP contribution is 2.25. The van der Waals surface area contributed by atoms with Crippen LogP contribution in [0.4, 0.5) is 0 Å². The van der Waals surface area contributed by atoms with Gasteiger partial charge in [0.1, 0.15) is 0 Å². The molecule has 1 aliphatic heterocycles. The van der Waals surface area contributed by atoms with Crippen molar-refractivity contribution < 1.29 is 13.2 Å². The molecule has 112 valence electrons. The molecule has 0 aliphatic carbocycles. The third-order valence-corrected chi connectivity index (χ3v) is 5.68. The van der Waals surface area contributed by atoms with Gasteiger partial charge in [0.15, 0.2) is 0 Å². The lowest BCUT2D eigenvalue weighted by molar-refractivity contribution is -0.0550. The van der Waals surface area contributed by atoms with Crippen LogP contribution in [0.5, 0.6) is 0 Å². The Bertz CT molecular complexity index is 539. The minimum atomic E-state index is -3.27. The number of nitrogens with zero attached hydrogens (tertiary/aromatic N) is 1. The van der Waals surface area contributed by atoms with Crippen molar-refractivity contribution in [3.8, 4) is 0 Å². The van der Waals surface area contributed by atoms with Gasteiger partial charge in [-0.2, -0.15) is 4.31 Å². The van der Waals surface area contributed by atoms with Crippen molar-refractivity contribution in [3.05, 3.63) is 35.9 Å². The molecule has 0 bridgehead atoms. The van der Waals surface area contributed by atoms with Crippen LogP contribution in [0.3, 0.4) is 0 Å². The Morgan fingerprint density at radius 2 is 1.95 bits per heavy atom. The molecule has 1 aromatic carbocycles. The summed E-state index contributed by atoms with van der Waals surface area (Å²) in [7, 11) is -3.27. The summed E-state index contributed by atoms with van der Waals surface area (Å²) in [5.74, 6) is 0.146. The van der Waals surface area contributed by atoms with E-state index in [1.807, 2.05) is 51.1 Å². The van der Waals surface area contributed by atoms with Gasteiger partial charge in [0.25, 0.3) is 0 Å². The Morgan fingerprint density at radius 3 is 2.60 bits per heavy atom. The molecule has 5 heteroatoms. The van der Waals surface area contributed by atoms with Gasteiger partial charge in [-0.05, 0) is 32.8 Å². The van der Waals surface area contributed by atoms with E-state index in [1.54, 1.807) is 4.31 Å². The molecular weight excluding hydrogens is 274 g/mol. The smallest absolute Gasteiger partial charge is 0.215 e. The Kier molecular flexibility index (Phi) is 4.52. The summed E-state index contributed by atoms with van der Waals surface area (Å²) in [5.41, 5.74) is 0.581. The fraction of sp³-hybridized carbons (Fsp3) is 0.600. The second-order valence-electron chi connectivity index (χ2n) is 6.02. The van der Waals surface area contributed by atoms with Crippen molar-refractivity contribution in [2.45, 2.75) is 38.8 Å². The first kappa shape index (κ1) is 15.5. The van der Waals surface area contributed by atoms with Crippen LogP contribution in [0, 0.1) is 0 Å². The first-order valence-corrected chi connectivity index (χ1v) is 8.58. The Balaban J connectivity index is 2.09. The van der Waals surface area contributed by atoms with Gasteiger partial charge in [-0.3, -0.25) is 0 Å². The maximum absolute atomic E-state index is 12.6. The summed E-state index contributed by atoms with van der Waals surface area (Å²) >= 11 is 0. The molecular formula is C15H23NO3S. The fourth-order valence-corrected chi connectivity index (χ4v) is 4.40. The molecule has 0 N–H and O–H groups in total. The minimum absolute atomic E-state index is 0.0467. The Morgan fingerprint density at radius 1 is 1.30 bits per heavy atom. The number of aryl methyl sites for hydroxylation is 1. The van der Waals surface area contributed by atoms with Gasteiger partial charge in [0.2, 0.25) is 10.0 Å². The van der Waals surface area contributed by atoms with E-state index in [0.29, 0.717) is 19.6 Å². The van der Waals surface area contributed by atoms with Crippen LogP contribution in [0.15, 0.2) is 30.3 Å². The van der Waals surface area contributed by atoms with E-state index in [-0.39, 0.29) is 11.9 Å². The highest BCUT2D eigenvalue weighted by molar-refractivity contribution is 7.89. The Hall–Kier alpha value is -0.910. The molecule has 1 saturated heterocycles. The lowest BCUT2D eigenvalue weighted by Crippen LogP contribution is -2.58. The van der Waals surface area contributed by atoms with Crippen LogP contribution in [0.25, 0.3) is 0 Å². The molecule has 0 amide bonds. The first-order valence-electron chi connectivity index (χ1n) is 6.97. The number of hydrogen-bond acceptors (Lipinski definition) is 3.